The van der Waals surface area contributed by atoms with E-state index in [0.29, 0.717) is 5.56 Å². The molecular weight excluding hydrogens is 370 g/mol. The van der Waals surface area contributed by atoms with E-state index in [1.165, 1.54) is 19.2 Å². The Labute approximate surface area is 158 Å². The molecule has 0 aliphatic carbocycles. The molecule has 8 heteroatoms. The van der Waals surface area contributed by atoms with E-state index >= 15 is 0 Å². The molecule has 0 heterocycles. The molecule has 0 bridgehead atoms. The molecule has 0 aliphatic rings. The summed E-state index contributed by atoms with van der Waals surface area (Å²) in [6.07, 6.45) is 0. The summed E-state index contributed by atoms with van der Waals surface area (Å²) in [7, 11) is -2.81. The second-order valence-corrected chi connectivity index (χ2v) is 7.69. The number of sulfonamides is 1. The summed E-state index contributed by atoms with van der Waals surface area (Å²) in [5.41, 5.74) is 3.24. The lowest BCUT2D eigenvalue weighted by Crippen LogP contribution is -2.17. The maximum Gasteiger partial charge on any atom is 0.338 e. The maximum absolute atomic E-state index is 12.4. The highest BCUT2D eigenvalue weighted by molar-refractivity contribution is 7.89. The Morgan fingerprint density at radius 2 is 1.63 bits per heavy atom. The summed E-state index contributed by atoms with van der Waals surface area (Å²) in [6, 6.07) is 7.34. The number of carbonyl (C=O) groups is 2. The third kappa shape index (κ3) is 4.72. The summed E-state index contributed by atoms with van der Waals surface area (Å²) in [5, 5.41) is 5.13. The fourth-order valence-electron chi connectivity index (χ4n) is 2.58. The normalized spacial score (nSPS) is 11.1. The van der Waals surface area contributed by atoms with Crippen molar-refractivity contribution in [2.45, 2.75) is 25.7 Å². The molecule has 0 aliphatic heterocycles. The van der Waals surface area contributed by atoms with Gasteiger partial charge in [0, 0.05) is 5.56 Å². The largest absolute Gasteiger partial charge is 0.495 e. The Morgan fingerprint density at radius 3 is 2.22 bits per heavy atom. The summed E-state index contributed by atoms with van der Waals surface area (Å²) in [6.45, 7) is 5.19. The van der Waals surface area contributed by atoms with E-state index < -0.39 is 22.6 Å². The molecule has 0 spiro atoms. The second-order valence-electron chi connectivity index (χ2n) is 6.16. The standard InChI is InChI=1S/C19H21NO6S/c1-11-7-13(3)15(8-12(11)2)16(21)10-26-19(22)14-5-6-17(25-4)18(9-14)27(20,23)24/h5-9H,10H2,1-4H3,(H2,20,23,24). The SMILES string of the molecule is COc1ccc(C(=O)OCC(=O)c2cc(C)c(C)cc2C)cc1S(N)(=O)=O. The van der Waals surface area contributed by atoms with E-state index in [2.05, 4.69) is 0 Å². The van der Waals surface area contributed by atoms with Gasteiger partial charge >= 0.3 is 5.97 Å². The average Bonchev–Trinajstić information content (AvgIpc) is 2.61. The number of ketones is 1. The van der Waals surface area contributed by atoms with Crippen LogP contribution in [0.3, 0.4) is 0 Å². The van der Waals surface area contributed by atoms with E-state index in [1.54, 1.807) is 6.07 Å². The van der Waals surface area contributed by atoms with E-state index in [4.69, 9.17) is 14.6 Å². The number of nitrogens with two attached hydrogens (primary N) is 1. The summed E-state index contributed by atoms with van der Waals surface area (Å²) >= 11 is 0. The highest BCUT2D eigenvalue weighted by Crippen LogP contribution is 2.24. The number of primary sulfonamides is 1. The molecule has 0 saturated heterocycles. The van der Waals surface area contributed by atoms with Crippen LogP contribution < -0.4 is 9.88 Å². The van der Waals surface area contributed by atoms with Crippen molar-refractivity contribution in [1.29, 1.82) is 0 Å². The molecule has 27 heavy (non-hydrogen) atoms. The summed E-state index contributed by atoms with van der Waals surface area (Å²) in [5.74, 6) is -1.17. The lowest BCUT2D eigenvalue weighted by Gasteiger charge is -2.11. The minimum Gasteiger partial charge on any atom is -0.495 e. The number of ether oxygens (including phenoxy) is 2. The van der Waals surface area contributed by atoms with Gasteiger partial charge in [0.05, 0.1) is 12.7 Å². The molecule has 0 atom stereocenters. The van der Waals surface area contributed by atoms with Gasteiger partial charge in [0.2, 0.25) is 15.8 Å². The third-order valence-electron chi connectivity index (χ3n) is 4.18. The summed E-state index contributed by atoms with van der Waals surface area (Å²) < 4.78 is 33.2. The van der Waals surface area contributed by atoms with Crippen molar-refractivity contribution in [2.75, 3.05) is 13.7 Å². The predicted molar refractivity (Wildman–Crippen MR) is 99.6 cm³/mol. The quantitative estimate of drug-likeness (QED) is 0.597. The first-order chi connectivity index (χ1) is 12.5. The Kier molecular flexibility index (Phi) is 6.02. The zero-order chi connectivity index (χ0) is 20.4. The van der Waals surface area contributed by atoms with Crippen LogP contribution in [-0.4, -0.2) is 33.9 Å². The van der Waals surface area contributed by atoms with Gasteiger partial charge in [-0.25, -0.2) is 18.4 Å². The van der Waals surface area contributed by atoms with Crippen molar-refractivity contribution in [2.24, 2.45) is 5.14 Å². The predicted octanol–water partition coefficient (Wildman–Crippen LogP) is 2.31. The van der Waals surface area contributed by atoms with E-state index in [9.17, 15) is 18.0 Å². The third-order valence-corrected chi connectivity index (χ3v) is 5.11. The highest BCUT2D eigenvalue weighted by atomic mass is 32.2. The Bertz CT molecular complexity index is 1010. The number of rotatable bonds is 6. The molecule has 144 valence electrons. The van der Waals surface area contributed by atoms with Crippen LogP contribution in [0.1, 0.15) is 37.4 Å². The molecule has 0 fully saturated rings. The second kappa shape index (κ2) is 7.89. The van der Waals surface area contributed by atoms with Crippen molar-refractivity contribution in [3.63, 3.8) is 0 Å². The van der Waals surface area contributed by atoms with Crippen molar-refractivity contribution in [3.8, 4) is 5.75 Å². The van der Waals surface area contributed by atoms with E-state index in [-0.39, 0.29) is 22.0 Å². The molecule has 2 aromatic rings. The number of methoxy groups -OCH3 is 1. The van der Waals surface area contributed by atoms with Crippen molar-refractivity contribution in [3.05, 3.63) is 58.1 Å². The van der Waals surface area contributed by atoms with Crippen LogP contribution in [0.25, 0.3) is 0 Å². The van der Waals surface area contributed by atoms with Gasteiger partial charge in [0.25, 0.3) is 0 Å². The van der Waals surface area contributed by atoms with Crippen molar-refractivity contribution >= 4 is 21.8 Å². The van der Waals surface area contributed by atoms with Gasteiger partial charge in [-0.3, -0.25) is 4.79 Å². The first kappa shape index (κ1) is 20.6. The smallest absolute Gasteiger partial charge is 0.338 e. The molecule has 0 saturated carbocycles. The molecule has 0 radical (unpaired) electrons. The number of carbonyl (C=O) groups excluding carboxylic acids is 2. The van der Waals surface area contributed by atoms with E-state index in [1.807, 2.05) is 26.8 Å². The molecule has 2 N–H and O–H groups in total. The Balaban J connectivity index is 2.19. The molecule has 0 aromatic heterocycles. The number of hydrogen-bond acceptors (Lipinski definition) is 6. The van der Waals surface area contributed by atoms with E-state index in [0.717, 1.165) is 22.8 Å². The number of hydrogen-bond donors (Lipinski definition) is 1. The van der Waals surface area contributed by atoms with Gasteiger partial charge in [-0.1, -0.05) is 6.07 Å². The highest BCUT2D eigenvalue weighted by Gasteiger charge is 2.20. The number of esters is 1. The first-order valence-corrected chi connectivity index (χ1v) is 9.58. The lowest BCUT2D eigenvalue weighted by molar-refractivity contribution is 0.0474. The average molecular weight is 391 g/mol. The van der Waals surface area contributed by atoms with Gasteiger partial charge in [0.1, 0.15) is 10.6 Å². The minimum absolute atomic E-state index is 0.0101. The number of aryl methyl sites for hydroxylation is 3. The van der Waals surface area contributed by atoms with Crippen LogP contribution in [0, 0.1) is 20.8 Å². The van der Waals surface area contributed by atoms with Crippen LogP contribution in [0.15, 0.2) is 35.2 Å². The fourth-order valence-corrected chi connectivity index (χ4v) is 3.30. The molecule has 0 unspecified atom stereocenters. The van der Waals surface area contributed by atoms with Crippen LogP contribution in [0.2, 0.25) is 0 Å². The van der Waals surface area contributed by atoms with Crippen molar-refractivity contribution < 1.29 is 27.5 Å². The maximum atomic E-state index is 12.4. The lowest BCUT2D eigenvalue weighted by atomic mass is 9.98. The summed E-state index contributed by atoms with van der Waals surface area (Å²) in [4.78, 5) is 24.3. The first-order valence-electron chi connectivity index (χ1n) is 8.03. The minimum atomic E-state index is -4.09. The monoisotopic (exact) mass is 391 g/mol. The molecule has 2 aromatic carbocycles. The number of benzene rings is 2. The zero-order valence-electron chi connectivity index (χ0n) is 15.5. The topological polar surface area (TPSA) is 113 Å². The van der Waals surface area contributed by atoms with Gasteiger partial charge in [-0.15, -0.1) is 0 Å². The molecule has 2 rings (SSSR count). The molecule has 7 nitrogen and oxygen atoms in total. The zero-order valence-corrected chi connectivity index (χ0v) is 16.3. The van der Waals surface area contributed by atoms with Crippen LogP contribution in [0.5, 0.6) is 5.75 Å². The van der Waals surface area contributed by atoms with Gasteiger partial charge in [-0.2, -0.15) is 0 Å². The number of Topliss-reactive ketones (excluding diaryl/α,β-unsaturated/α-hetero) is 1. The fraction of sp³-hybridized carbons (Fsp3) is 0.263. The Morgan fingerprint density at radius 1 is 1.00 bits per heavy atom. The van der Waals surface area contributed by atoms with Crippen LogP contribution in [0.4, 0.5) is 0 Å². The molecular formula is C19H21NO6S. The van der Waals surface area contributed by atoms with Crippen LogP contribution >= 0.6 is 0 Å². The van der Waals surface area contributed by atoms with Gasteiger partial charge in [0.15, 0.2) is 6.61 Å². The van der Waals surface area contributed by atoms with Crippen molar-refractivity contribution in [1.82, 2.24) is 0 Å². The molecule has 0 amide bonds. The Hall–Kier alpha value is -2.71. The van der Waals surface area contributed by atoms with Gasteiger partial charge in [-0.05, 0) is 61.7 Å². The van der Waals surface area contributed by atoms with Crippen LogP contribution in [-0.2, 0) is 14.8 Å². The van der Waals surface area contributed by atoms with Gasteiger partial charge < -0.3 is 9.47 Å².